The SMILES string of the molecule is C#C.C=C(C(/C=C\N)=C/C)N1CCC(=C2C3=NCCN3CCc3ccccc32)CC1. The molecule has 0 unspecified atom stereocenters. The fourth-order valence-electron chi connectivity index (χ4n) is 4.59. The first kappa shape index (κ1) is 21.5. The van der Waals surface area contributed by atoms with E-state index in [2.05, 4.69) is 59.6 Å². The van der Waals surface area contributed by atoms with Gasteiger partial charge in [-0.15, -0.1) is 12.8 Å². The third-order valence-electron chi connectivity index (χ3n) is 6.11. The topological polar surface area (TPSA) is 44.9 Å². The van der Waals surface area contributed by atoms with Gasteiger partial charge in [-0.1, -0.05) is 42.5 Å². The Kier molecular flexibility index (Phi) is 7.19. The van der Waals surface area contributed by atoms with Gasteiger partial charge in [0, 0.05) is 37.4 Å². The molecule has 3 heterocycles. The molecule has 1 saturated heterocycles. The highest BCUT2D eigenvalue weighted by Gasteiger charge is 2.30. The molecular weight excluding hydrogens is 368 g/mol. The van der Waals surface area contributed by atoms with E-state index in [4.69, 9.17) is 10.7 Å². The number of rotatable bonds is 3. The summed E-state index contributed by atoms with van der Waals surface area (Å²) in [5.74, 6) is 1.23. The number of piperidine rings is 1. The first-order valence-corrected chi connectivity index (χ1v) is 10.6. The molecule has 1 aromatic carbocycles. The molecular formula is C26H32N4. The molecule has 2 N–H and O–H groups in total. The van der Waals surface area contributed by atoms with Crippen molar-refractivity contribution < 1.29 is 0 Å². The number of terminal acetylenes is 1. The summed E-state index contributed by atoms with van der Waals surface area (Å²) in [6, 6.07) is 8.90. The van der Waals surface area contributed by atoms with Gasteiger partial charge >= 0.3 is 0 Å². The summed E-state index contributed by atoms with van der Waals surface area (Å²) >= 11 is 0. The number of fused-ring (bicyclic) bond motifs is 2. The minimum Gasteiger partial charge on any atom is -0.405 e. The Morgan fingerprint density at radius 1 is 1.10 bits per heavy atom. The molecule has 1 fully saturated rings. The van der Waals surface area contributed by atoms with Crippen molar-refractivity contribution in [3.63, 3.8) is 0 Å². The number of amidine groups is 1. The maximum Gasteiger partial charge on any atom is 0.131 e. The van der Waals surface area contributed by atoms with Gasteiger partial charge in [-0.2, -0.15) is 0 Å². The van der Waals surface area contributed by atoms with Gasteiger partial charge < -0.3 is 15.5 Å². The van der Waals surface area contributed by atoms with Gasteiger partial charge in [0.25, 0.3) is 0 Å². The van der Waals surface area contributed by atoms with E-state index in [1.165, 1.54) is 22.5 Å². The zero-order valence-electron chi connectivity index (χ0n) is 18.0. The Balaban J connectivity index is 0.00000124. The number of benzene rings is 1. The fraction of sp³-hybridized carbons (Fsp3) is 0.346. The summed E-state index contributed by atoms with van der Waals surface area (Å²) in [5, 5.41) is 0. The van der Waals surface area contributed by atoms with Crippen molar-refractivity contribution in [3.05, 3.63) is 77.2 Å². The van der Waals surface area contributed by atoms with Crippen molar-refractivity contribution >= 4 is 11.4 Å². The molecule has 156 valence electrons. The van der Waals surface area contributed by atoms with Crippen molar-refractivity contribution in [3.8, 4) is 12.8 Å². The maximum atomic E-state index is 5.60. The monoisotopic (exact) mass is 400 g/mol. The van der Waals surface area contributed by atoms with Gasteiger partial charge in [0.1, 0.15) is 5.84 Å². The second-order valence-electron chi connectivity index (χ2n) is 7.61. The Hall–Kier alpha value is -3.19. The highest BCUT2D eigenvalue weighted by atomic mass is 15.2. The van der Waals surface area contributed by atoms with Gasteiger partial charge in [-0.25, -0.2) is 0 Å². The predicted octanol–water partition coefficient (Wildman–Crippen LogP) is 3.99. The molecule has 3 aliphatic heterocycles. The summed E-state index contributed by atoms with van der Waals surface area (Å²) in [6.45, 7) is 11.4. The molecule has 0 aliphatic carbocycles. The molecule has 0 atom stereocenters. The van der Waals surface area contributed by atoms with Gasteiger partial charge in [0.05, 0.1) is 6.54 Å². The van der Waals surface area contributed by atoms with Gasteiger partial charge in [-0.3, -0.25) is 4.99 Å². The number of hydrogen-bond acceptors (Lipinski definition) is 4. The quantitative estimate of drug-likeness (QED) is 0.616. The van der Waals surface area contributed by atoms with E-state index < -0.39 is 0 Å². The van der Waals surface area contributed by atoms with Crippen LogP contribution in [0.25, 0.3) is 5.57 Å². The molecule has 0 amide bonds. The second kappa shape index (κ2) is 10.0. The van der Waals surface area contributed by atoms with Crippen LogP contribution in [-0.2, 0) is 6.42 Å². The smallest absolute Gasteiger partial charge is 0.131 e. The number of nitrogens with zero attached hydrogens (tertiary/aromatic N) is 3. The zero-order chi connectivity index (χ0) is 21.5. The standard InChI is InChI=1S/C24H30N4.C2H2/c1-3-19(8-12-25)18(2)27-14-10-21(11-15-27)23-22-7-5-4-6-20(22)9-16-28-17-13-26-24(23)28;1-2/h3-8,12H,2,9-11,13-17,25H2,1H3;1-2H/b12-8-,19-3+;. The van der Waals surface area contributed by atoms with Crippen LogP contribution in [0.3, 0.4) is 0 Å². The number of aliphatic imine (C=N–C) groups is 1. The van der Waals surface area contributed by atoms with Crippen molar-refractivity contribution in [2.45, 2.75) is 26.2 Å². The number of nitrogens with two attached hydrogens (primary N) is 1. The van der Waals surface area contributed by atoms with Crippen LogP contribution in [0.15, 0.2) is 71.0 Å². The van der Waals surface area contributed by atoms with E-state index in [1.54, 1.807) is 11.8 Å². The van der Waals surface area contributed by atoms with Crippen molar-refractivity contribution in [2.24, 2.45) is 10.7 Å². The summed E-state index contributed by atoms with van der Waals surface area (Å²) in [7, 11) is 0. The third-order valence-corrected chi connectivity index (χ3v) is 6.11. The predicted molar refractivity (Wildman–Crippen MR) is 128 cm³/mol. The Morgan fingerprint density at radius 2 is 1.83 bits per heavy atom. The maximum absolute atomic E-state index is 5.60. The van der Waals surface area contributed by atoms with E-state index in [0.29, 0.717) is 0 Å². The van der Waals surface area contributed by atoms with E-state index in [-0.39, 0.29) is 0 Å². The number of hydrogen-bond donors (Lipinski definition) is 1. The van der Waals surface area contributed by atoms with Gasteiger partial charge in [0.15, 0.2) is 0 Å². The van der Waals surface area contributed by atoms with E-state index in [9.17, 15) is 0 Å². The Morgan fingerprint density at radius 3 is 2.53 bits per heavy atom. The molecule has 4 heteroatoms. The fourth-order valence-corrected chi connectivity index (χ4v) is 4.59. The van der Waals surface area contributed by atoms with Crippen LogP contribution in [0, 0.1) is 12.8 Å². The Bertz CT molecular complexity index is 919. The number of likely N-dealkylation sites (tertiary alicyclic amines) is 1. The van der Waals surface area contributed by atoms with Crippen LogP contribution in [-0.4, -0.2) is 48.4 Å². The van der Waals surface area contributed by atoms with E-state index in [1.807, 2.05) is 13.0 Å². The van der Waals surface area contributed by atoms with Gasteiger partial charge in [0.2, 0.25) is 0 Å². The summed E-state index contributed by atoms with van der Waals surface area (Å²) < 4.78 is 0. The lowest BCUT2D eigenvalue weighted by Gasteiger charge is -2.34. The molecule has 4 rings (SSSR count). The molecule has 0 aromatic heterocycles. The van der Waals surface area contributed by atoms with Crippen LogP contribution in [0.4, 0.5) is 0 Å². The Labute approximate surface area is 181 Å². The largest absolute Gasteiger partial charge is 0.405 e. The lowest BCUT2D eigenvalue weighted by Crippen LogP contribution is -2.33. The molecule has 0 spiro atoms. The molecule has 4 nitrogen and oxygen atoms in total. The van der Waals surface area contributed by atoms with Crippen LogP contribution in [0.5, 0.6) is 0 Å². The lowest BCUT2D eigenvalue weighted by molar-refractivity contribution is 0.330. The highest BCUT2D eigenvalue weighted by Crippen LogP contribution is 2.35. The van der Waals surface area contributed by atoms with Gasteiger partial charge in [-0.05, 0) is 55.2 Å². The average Bonchev–Trinajstić information content (AvgIpc) is 3.20. The normalized spacial score (nSPS) is 18.9. The van der Waals surface area contributed by atoms with Crippen LogP contribution in [0.1, 0.15) is 30.9 Å². The minimum atomic E-state index is 0.924. The van der Waals surface area contributed by atoms with Crippen LogP contribution in [0.2, 0.25) is 0 Å². The van der Waals surface area contributed by atoms with Crippen LogP contribution < -0.4 is 5.73 Å². The van der Waals surface area contributed by atoms with Crippen molar-refractivity contribution in [1.82, 2.24) is 9.80 Å². The molecule has 0 radical (unpaired) electrons. The zero-order valence-corrected chi connectivity index (χ0v) is 18.0. The lowest BCUT2D eigenvalue weighted by atomic mass is 9.89. The molecule has 30 heavy (non-hydrogen) atoms. The molecule has 3 aliphatic rings. The third kappa shape index (κ3) is 4.21. The first-order chi connectivity index (χ1) is 14.7. The average molecular weight is 401 g/mol. The summed E-state index contributed by atoms with van der Waals surface area (Å²) in [5.41, 5.74) is 13.6. The highest BCUT2D eigenvalue weighted by molar-refractivity contribution is 6.24. The van der Waals surface area contributed by atoms with Crippen molar-refractivity contribution in [2.75, 3.05) is 32.7 Å². The van der Waals surface area contributed by atoms with Crippen LogP contribution >= 0.6 is 0 Å². The molecule has 0 bridgehead atoms. The number of allylic oxidation sites excluding steroid dienone is 2. The van der Waals surface area contributed by atoms with E-state index >= 15 is 0 Å². The first-order valence-electron chi connectivity index (χ1n) is 10.6. The minimum absolute atomic E-state index is 0.924. The molecule has 1 aromatic rings. The summed E-state index contributed by atoms with van der Waals surface area (Å²) in [4.78, 5) is 9.78. The van der Waals surface area contributed by atoms with Crippen molar-refractivity contribution in [1.29, 1.82) is 0 Å². The van der Waals surface area contributed by atoms with E-state index in [0.717, 1.165) is 63.3 Å². The second-order valence-corrected chi connectivity index (χ2v) is 7.61. The molecule has 0 saturated carbocycles. The summed E-state index contributed by atoms with van der Waals surface area (Å²) in [6.07, 6.45) is 16.8.